The smallest absolute Gasteiger partial charge is 0.368 e. The third kappa shape index (κ3) is 6.78. The SMILES string of the molecule is CSCC[C@H](NOCc1ccccc1)C(=O)OP(=O)(Cl)c1ccccc1. The van der Waals surface area contributed by atoms with Gasteiger partial charge in [-0.05, 0) is 47.4 Å². The molecule has 8 heteroatoms. The van der Waals surface area contributed by atoms with E-state index in [0.29, 0.717) is 18.8 Å². The van der Waals surface area contributed by atoms with E-state index in [9.17, 15) is 9.36 Å². The van der Waals surface area contributed by atoms with Gasteiger partial charge in [0.15, 0.2) is 0 Å². The number of carbonyl (C=O) groups is 1. The van der Waals surface area contributed by atoms with Gasteiger partial charge in [0.05, 0.1) is 11.9 Å². The predicted octanol–water partition coefficient (Wildman–Crippen LogP) is 4.13. The highest BCUT2D eigenvalue weighted by Crippen LogP contribution is 2.51. The highest BCUT2D eigenvalue weighted by atomic mass is 35.7. The molecule has 140 valence electrons. The van der Waals surface area contributed by atoms with Gasteiger partial charge < -0.3 is 4.52 Å². The second kappa shape index (κ2) is 10.8. The van der Waals surface area contributed by atoms with Gasteiger partial charge in [-0.2, -0.15) is 17.2 Å². The molecule has 0 aromatic heterocycles. The molecule has 0 fully saturated rings. The standard InChI is InChI=1S/C18H21ClNO4PS/c1-26-13-12-17(20-23-14-15-8-4-2-5-9-15)18(21)24-25(19,22)16-10-6-3-7-11-16/h2-11,17,20H,12-14H2,1H3/t17-,25?/m0/s1. The highest BCUT2D eigenvalue weighted by molar-refractivity contribution is 7.98. The average Bonchev–Trinajstić information content (AvgIpc) is 2.65. The number of benzene rings is 2. The number of carbonyl (C=O) groups excluding carboxylic acids is 1. The minimum absolute atomic E-state index is 0.281. The van der Waals surface area contributed by atoms with E-state index in [-0.39, 0.29) is 5.30 Å². The molecule has 0 aliphatic rings. The lowest BCUT2D eigenvalue weighted by atomic mass is 10.2. The van der Waals surface area contributed by atoms with Gasteiger partial charge in [0.1, 0.15) is 6.04 Å². The van der Waals surface area contributed by atoms with E-state index < -0.39 is 18.7 Å². The molecule has 0 heterocycles. The molecular formula is C18H21ClNO4PS. The summed E-state index contributed by atoms with van der Waals surface area (Å²) in [6.45, 7) is -3.46. The van der Waals surface area contributed by atoms with Gasteiger partial charge in [0.2, 0.25) is 0 Å². The minimum Gasteiger partial charge on any atom is -0.396 e. The number of rotatable bonds is 10. The van der Waals surface area contributed by atoms with Crippen molar-refractivity contribution < 1.29 is 18.7 Å². The summed E-state index contributed by atoms with van der Waals surface area (Å²) in [4.78, 5) is 17.9. The summed E-state index contributed by atoms with van der Waals surface area (Å²) in [5, 5.41) is 0.281. The summed E-state index contributed by atoms with van der Waals surface area (Å²) in [6.07, 6.45) is 2.39. The first-order valence-electron chi connectivity index (χ1n) is 8.02. The molecule has 0 saturated carbocycles. The van der Waals surface area contributed by atoms with Crippen molar-refractivity contribution in [2.75, 3.05) is 12.0 Å². The van der Waals surface area contributed by atoms with Gasteiger partial charge in [-0.15, -0.1) is 0 Å². The minimum atomic E-state index is -3.76. The number of thioether (sulfide) groups is 1. The number of hydroxylamine groups is 1. The van der Waals surface area contributed by atoms with E-state index >= 15 is 0 Å². The Hall–Kier alpha value is -1.30. The molecule has 1 N–H and O–H groups in total. The number of nitrogens with one attached hydrogen (secondary N) is 1. The van der Waals surface area contributed by atoms with Crippen molar-refractivity contribution in [1.29, 1.82) is 0 Å². The van der Waals surface area contributed by atoms with E-state index in [1.807, 2.05) is 36.6 Å². The van der Waals surface area contributed by atoms with Crippen LogP contribution in [0.4, 0.5) is 0 Å². The van der Waals surface area contributed by atoms with Gasteiger partial charge >= 0.3 is 12.7 Å². The molecule has 2 atom stereocenters. The third-order valence-corrected chi connectivity index (χ3v) is 6.24. The van der Waals surface area contributed by atoms with Crippen LogP contribution < -0.4 is 10.8 Å². The zero-order valence-electron chi connectivity index (χ0n) is 14.3. The molecule has 0 bridgehead atoms. The quantitative estimate of drug-likeness (QED) is 0.466. The molecule has 26 heavy (non-hydrogen) atoms. The van der Waals surface area contributed by atoms with E-state index in [2.05, 4.69) is 5.48 Å². The maximum Gasteiger partial charge on any atom is 0.368 e. The zero-order valence-corrected chi connectivity index (χ0v) is 16.8. The second-order valence-corrected chi connectivity index (χ2v) is 9.43. The molecule has 0 aliphatic heterocycles. The number of hydrogen-bond acceptors (Lipinski definition) is 6. The average molecular weight is 414 g/mol. The summed E-state index contributed by atoms with van der Waals surface area (Å²) in [5.74, 6) is 0.00800. The molecule has 2 rings (SSSR count). The Morgan fingerprint density at radius 1 is 1.15 bits per heavy atom. The Bertz CT molecular complexity index is 732. The summed E-state index contributed by atoms with van der Waals surface area (Å²) < 4.78 is 17.7. The van der Waals surface area contributed by atoms with Crippen LogP contribution in [0.15, 0.2) is 60.7 Å². The van der Waals surface area contributed by atoms with Crippen LogP contribution in [0.1, 0.15) is 12.0 Å². The van der Waals surface area contributed by atoms with Crippen molar-refractivity contribution in [3.63, 3.8) is 0 Å². The molecule has 1 unspecified atom stereocenters. The largest absolute Gasteiger partial charge is 0.396 e. The number of hydrogen-bond donors (Lipinski definition) is 1. The third-order valence-electron chi connectivity index (χ3n) is 3.47. The fraction of sp³-hybridized carbons (Fsp3) is 0.278. The molecule has 0 saturated heterocycles. The lowest BCUT2D eigenvalue weighted by molar-refractivity contribution is -0.141. The molecule has 2 aromatic carbocycles. The Kier molecular flexibility index (Phi) is 8.69. The first-order valence-corrected chi connectivity index (χ1v) is 11.9. The number of halogens is 1. The predicted molar refractivity (Wildman–Crippen MR) is 107 cm³/mol. The van der Waals surface area contributed by atoms with Crippen LogP contribution in [0.25, 0.3) is 0 Å². The van der Waals surface area contributed by atoms with E-state index in [1.165, 1.54) is 0 Å². The summed E-state index contributed by atoms with van der Waals surface area (Å²) in [6, 6.07) is 17.1. The van der Waals surface area contributed by atoms with E-state index in [1.54, 1.807) is 42.1 Å². The fourth-order valence-electron chi connectivity index (χ4n) is 2.10. The molecule has 0 aliphatic carbocycles. The Balaban J connectivity index is 1.96. The van der Waals surface area contributed by atoms with Crippen molar-refractivity contribution in [3.8, 4) is 0 Å². The lowest BCUT2D eigenvalue weighted by Crippen LogP contribution is -2.38. The molecular weight excluding hydrogens is 393 g/mol. The molecule has 0 amide bonds. The van der Waals surface area contributed by atoms with E-state index in [4.69, 9.17) is 20.6 Å². The highest BCUT2D eigenvalue weighted by Gasteiger charge is 2.31. The van der Waals surface area contributed by atoms with Crippen LogP contribution in [0.2, 0.25) is 0 Å². The van der Waals surface area contributed by atoms with Crippen LogP contribution in [-0.4, -0.2) is 24.0 Å². The normalized spacial score (nSPS) is 14.4. The van der Waals surface area contributed by atoms with Gasteiger partial charge in [-0.1, -0.05) is 48.5 Å². The molecule has 5 nitrogen and oxygen atoms in total. The summed E-state index contributed by atoms with van der Waals surface area (Å²) in [5.41, 5.74) is 3.67. The first-order chi connectivity index (χ1) is 12.5. The van der Waals surface area contributed by atoms with Gasteiger partial charge in [0, 0.05) is 0 Å². The Morgan fingerprint density at radius 2 is 1.77 bits per heavy atom. The van der Waals surface area contributed by atoms with Crippen molar-refractivity contribution in [2.45, 2.75) is 19.1 Å². The van der Waals surface area contributed by atoms with Crippen LogP contribution in [0, 0.1) is 0 Å². The first kappa shape index (κ1) is 21.0. The van der Waals surface area contributed by atoms with Crippen LogP contribution in [-0.2, 0) is 25.3 Å². The van der Waals surface area contributed by atoms with Crippen molar-refractivity contribution >= 4 is 41.0 Å². The van der Waals surface area contributed by atoms with Crippen LogP contribution in [0.3, 0.4) is 0 Å². The Labute approximate surface area is 162 Å². The lowest BCUT2D eigenvalue weighted by Gasteiger charge is -2.19. The second-order valence-electron chi connectivity index (χ2n) is 5.45. The van der Waals surface area contributed by atoms with Gasteiger partial charge in [0.25, 0.3) is 0 Å². The summed E-state index contributed by atoms with van der Waals surface area (Å²) >= 11 is 7.59. The van der Waals surface area contributed by atoms with Crippen molar-refractivity contribution in [2.24, 2.45) is 0 Å². The zero-order chi connectivity index (χ0) is 18.8. The van der Waals surface area contributed by atoms with Crippen LogP contribution in [0.5, 0.6) is 0 Å². The maximum atomic E-state index is 12.5. The van der Waals surface area contributed by atoms with Gasteiger partial charge in [-0.25, -0.2) is 4.79 Å². The molecule has 0 radical (unpaired) electrons. The van der Waals surface area contributed by atoms with Gasteiger partial charge in [-0.3, -0.25) is 9.40 Å². The van der Waals surface area contributed by atoms with E-state index in [0.717, 1.165) is 5.56 Å². The fourth-order valence-corrected chi connectivity index (χ4v) is 4.10. The van der Waals surface area contributed by atoms with Crippen molar-refractivity contribution in [3.05, 3.63) is 66.2 Å². The monoisotopic (exact) mass is 413 g/mol. The molecule has 0 spiro atoms. The molecule has 2 aromatic rings. The topological polar surface area (TPSA) is 64.6 Å². The van der Waals surface area contributed by atoms with Crippen LogP contribution >= 0.6 is 29.7 Å². The maximum absolute atomic E-state index is 12.5. The summed E-state index contributed by atoms with van der Waals surface area (Å²) in [7, 11) is 0. The Morgan fingerprint density at radius 3 is 2.38 bits per heavy atom. The van der Waals surface area contributed by atoms with Crippen molar-refractivity contribution in [1.82, 2.24) is 5.48 Å².